The summed E-state index contributed by atoms with van der Waals surface area (Å²) in [4.78, 5) is 23.0. The molecule has 0 aromatic heterocycles. The third kappa shape index (κ3) is 1.50. The van der Waals surface area contributed by atoms with Crippen molar-refractivity contribution in [3.8, 4) is 0 Å². The highest BCUT2D eigenvalue weighted by atomic mass is 16.6. The molecule has 0 saturated carbocycles. The third-order valence-corrected chi connectivity index (χ3v) is 2.97. The Kier molecular flexibility index (Phi) is 2.59. The molecular formula is C9H14N2O4+. The first-order valence-corrected chi connectivity index (χ1v) is 5.08. The number of rotatable bonds is 1. The quantitative estimate of drug-likeness (QED) is 0.375. The Bertz CT molecular complexity index is 288. The lowest BCUT2D eigenvalue weighted by atomic mass is 10.1. The van der Waals surface area contributed by atoms with E-state index in [9.17, 15) is 20.0 Å². The maximum atomic E-state index is 11.5. The van der Waals surface area contributed by atoms with Crippen LogP contribution in [0.5, 0.6) is 0 Å². The van der Waals surface area contributed by atoms with Crippen LogP contribution in [0.25, 0.3) is 0 Å². The van der Waals surface area contributed by atoms with E-state index in [1.807, 2.05) is 0 Å². The number of imide groups is 1. The smallest absolute Gasteiger partial charge is 0.308 e. The Morgan fingerprint density at radius 3 is 2.20 bits per heavy atom. The van der Waals surface area contributed by atoms with Crippen molar-refractivity contribution in [1.29, 1.82) is 0 Å². The summed E-state index contributed by atoms with van der Waals surface area (Å²) in [7, 11) is 0. The number of likely N-dealkylation sites (tertiary alicyclic amines) is 1. The van der Waals surface area contributed by atoms with E-state index in [4.69, 9.17) is 0 Å². The largest absolute Gasteiger partial charge is 0.355 e. The molecule has 2 aliphatic heterocycles. The van der Waals surface area contributed by atoms with E-state index in [1.165, 1.54) is 0 Å². The Hall–Kier alpha value is -0.820. The van der Waals surface area contributed by atoms with Gasteiger partial charge in [0.1, 0.15) is 0 Å². The first kappa shape index (κ1) is 10.7. The second kappa shape index (κ2) is 3.64. The molecule has 2 rings (SSSR count). The minimum absolute atomic E-state index is 0.0483. The second-order valence-corrected chi connectivity index (χ2v) is 3.92. The lowest BCUT2D eigenvalue weighted by Gasteiger charge is -2.34. The number of piperidine rings is 1. The molecule has 2 amide bonds. The Balaban J connectivity index is 2.26. The average Bonchev–Trinajstić information content (AvgIpc) is 2.48. The number of carbonyl (C=O) groups excluding carboxylic acids is 2. The fourth-order valence-electron chi connectivity index (χ4n) is 2.10. The van der Waals surface area contributed by atoms with Crippen molar-refractivity contribution < 1.29 is 24.6 Å². The molecule has 15 heavy (non-hydrogen) atoms. The number of nitrogens with zero attached hydrogens (tertiary/aromatic N) is 2. The van der Waals surface area contributed by atoms with Gasteiger partial charge < -0.3 is 5.21 Å². The molecule has 0 bridgehead atoms. The van der Waals surface area contributed by atoms with Gasteiger partial charge in [0.15, 0.2) is 0 Å². The summed E-state index contributed by atoms with van der Waals surface area (Å²) in [5.74, 6) is -1.09. The van der Waals surface area contributed by atoms with Crippen molar-refractivity contribution in [2.24, 2.45) is 0 Å². The molecule has 0 aromatic rings. The zero-order valence-electron chi connectivity index (χ0n) is 8.35. The summed E-state index contributed by atoms with van der Waals surface area (Å²) in [6.45, 7) is 0.358. The van der Waals surface area contributed by atoms with Crippen LogP contribution < -0.4 is 0 Å². The second-order valence-electron chi connectivity index (χ2n) is 3.92. The van der Waals surface area contributed by atoms with Crippen molar-refractivity contribution >= 4 is 11.8 Å². The molecule has 0 spiro atoms. The monoisotopic (exact) mass is 214 g/mol. The van der Waals surface area contributed by atoms with Crippen molar-refractivity contribution in [2.75, 3.05) is 6.54 Å². The molecule has 0 aromatic carbocycles. The molecule has 2 fully saturated rings. The highest BCUT2D eigenvalue weighted by Gasteiger charge is 2.59. The van der Waals surface area contributed by atoms with Crippen LogP contribution in [0.1, 0.15) is 32.1 Å². The molecule has 0 unspecified atom stereocenters. The number of hydroxylamine groups is 5. The average molecular weight is 214 g/mol. The van der Waals surface area contributed by atoms with E-state index >= 15 is 0 Å². The van der Waals surface area contributed by atoms with Crippen LogP contribution in [-0.4, -0.2) is 38.5 Å². The lowest BCUT2D eigenvalue weighted by molar-refractivity contribution is -0.972. The summed E-state index contributed by atoms with van der Waals surface area (Å²) in [6, 6.07) is 0. The van der Waals surface area contributed by atoms with Gasteiger partial charge in [-0.25, -0.2) is 9.59 Å². The first-order valence-electron chi connectivity index (χ1n) is 5.08. The number of carbonyl (C=O) groups is 2. The molecule has 6 heteroatoms. The Morgan fingerprint density at radius 2 is 1.67 bits per heavy atom. The summed E-state index contributed by atoms with van der Waals surface area (Å²) < 4.78 is -1.31. The molecule has 6 nitrogen and oxygen atoms in total. The number of amides is 2. The van der Waals surface area contributed by atoms with E-state index in [2.05, 4.69) is 0 Å². The topological polar surface area (TPSA) is 77.8 Å². The number of quaternary nitrogens is 1. The Morgan fingerprint density at radius 1 is 1.07 bits per heavy atom. The summed E-state index contributed by atoms with van der Waals surface area (Å²) >= 11 is 0. The van der Waals surface area contributed by atoms with Gasteiger partial charge >= 0.3 is 11.8 Å². The van der Waals surface area contributed by atoms with Crippen molar-refractivity contribution in [1.82, 2.24) is 5.06 Å². The van der Waals surface area contributed by atoms with E-state index in [0.717, 1.165) is 17.9 Å². The van der Waals surface area contributed by atoms with Gasteiger partial charge in [-0.1, -0.05) is 0 Å². The number of hydrogen-bond acceptors (Lipinski definition) is 5. The van der Waals surface area contributed by atoms with Gasteiger partial charge in [0.25, 0.3) is 6.17 Å². The van der Waals surface area contributed by atoms with Crippen LogP contribution in [-0.2, 0) is 9.59 Å². The molecule has 1 radical (unpaired) electrons. The van der Waals surface area contributed by atoms with Gasteiger partial charge in [0.2, 0.25) is 0 Å². The molecule has 0 aliphatic carbocycles. The fourth-order valence-corrected chi connectivity index (χ4v) is 2.10. The number of hydrogen-bond donors (Lipinski definition) is 2. The van der Waals surface area contributed by atoms with Crippen LogP contribution in [0.4, 0.5) is 0 Å². The predicted molar refractivity (Wildman–Crippen MR) is 46.9 cm³/mol. The highest BCUT2D eigenvalue weighted by molar-refractivity contribution is 5.91. The predicted octanol–water partition coefficient (Wildman–Crippen LogP) is 0.404. The minimum atomic E-state index is -1.31. The fraction of sp³-hybridized carbons (Fsp3) is 0.667. The highest BCUT2D eigenvalue weighted by Crippen LogP contribution is 2.35. The zero-order chi connectivity index (χ0) is 11.1. The van der Waals surface area contributed by atoms with Crippen LogP contribution in [0, 0.1) is 6.17 Å². The van der Waals surface area contributed by atoms with Crippen LogP contribution in [0.3, 0.4) is 0 Å². The normalized spacial score (nSPS) is 28.7. The van der Waals surface area contributed by atoms with Crippen LogP contribution in [0.2, 0.25) is 0 Å². The molecule has 0 atom stereocenters. The molecule has 2 saturated heterocycles. The van der Waals surface area contributed by atoms with Gasteiger partial charge in [0, 0.05) is 13.0 Å². The minimum Gasteiger partial charge on any atom is -0.308 e. The molecule has 83 valence electrons. The van der Waals surface area contributed by atoms with E-state index < -0.39 is 16.5 Å². The molecule has 2 heterocycles. The standard InChI is InChI=1S/C9H14N2O4/c12-8-4-5-9(13)11(8,15)7-3-1-2-6-10(7)14/h14-15H,1-6H2/q+1. The van der Waals surface area contributed by atoms with Crippen molar-refractivity contribution in [3.05, 3.63) is 6.17 Å². The SMILES string of the molecule is O=C1CCC(=O)[N+]1(O)[C]1CCCCN1O. The maximum absolute atomic E-state index is 11.5. The Labute approximate surface area is 87.2 Å². The summed E-state index contributed by atoms with van der Waals surface area (Å²) in [5, 5.41) is 20.4. The van der Waals surface area contributed by atoms with E-state index in [1.54, 1.807) is 0 Å². The van der Waals surface area contributed by atoms with Crippen LogP contribution in [0.15, 0.2) is 0 Å². The van der Waals surface area contributed by atoms with Gasteiger partial charge in [-0.2, -0.15) is 5.21 Å². The van der Waals surface area contributed by atoms with Gasteiger partial charge in [-0.05, 0) is 17.5 Å². The van der Waals surface area contributed by atoms with Crippen LogP contribution >= 0.6 is 0 Å². The van der Waals surface area contributed by atoms with Crippen molar-refractivity contribution in [2.45, 2.75) is 32.1 Å². The first-order chi connectivity index (χ1) is 7.06. The molecular weight excluding hydrogens is 200 g/mol. The van der Waals surface area contributed by atoms with E-state index in [0.29, 0.717) is 13.0 Å². The van der Waals surface area contributed by atoms with Gasteiger partial charge in [0.05, 0.1) is 12.8 Å². The summed E-state index contributed by atoms with van der Waals surface area (Å²) in [6.07, 6.45) is 2.15. The van der Waals surface area contributed by atoms with Gasteiger partial charge in [-0.15, -0.1) is 5.06 Å². The zero-order valence-corrected chi connectivity index (χ0v) is 8.35. The molecule has 2 N–H and O–H groups in total. The van der Waals surface area contributed by atoms with Crippen molar-refractivity contribution in [3.63, 3.8) is 0 Å². The van der Waals surface area contributed by atoms with E-state index in [-0.39, 0.29) is 19.0 Å². The molecule has 2 aliphatic rings. The lowest BCUT2D eigenvalue weighted by Crippen LogP contribution is -2.58. The maximum Gasteiger partial charge on any atom is 0.355 e. The third-order valence-electron chi connectivity index (χ3n) is 2.97. The summed E-state index contributed by atoms with van der Waals surface area (Å²) in [5.41, 5.74) is 0. The van der Waals surface area contributed by atoms with Gasteiger partial charge in [-0.3, -0.25) is 0 Å².